The Kier molecular flexibility index (Phi) is 5.05. The van der Waals surface area contributed by atoms with Gasteiger partial charge >= 0.3 is 6.03 Å². The molecule has 0 radical (unpaired) electrons. The van der Waals surface area contributed by atoms with Gasteiger partial charge in [-0.3, -0.25) is 0 Å². The molecule has 2 rings (SSSR count). The fourth-order valence-corrected chi connectivity index (χ4v) is 2.93. The summed E-state index contributed by atoms with van der Waals surface area (Å²) < 4.78 is 0. The van der Waals surface area contributed by atoms with E-state index in [0.29, 0.717) is 12.6 Å². The largest absolute Gasteiger partial charge is 0.338 e. The highest BCUT2D eigenvalue weighted by atomic mass is 16.2. The quantitative estimate of drug-likeness (QED) is 0.900. The summed E-state index contributed by atoms with van der Waals surface area (Å²) in [6.07, 6.45) is 4.41. The van der Waals surface area contributed by atoms with Crippen LogP contribution in [-0.4, -0.2) is 30.1 Å². The van der Waals surface area contributed by atoms with Crippen LogP contribution >= 0.6 is 0 Å². The lowest BCUT2D eigenvalue weighted by Crippen LogP contribution is -2.47. The molecule has 0 aliphatic carbocycles. The molecule has 1 aliphatic rings. The van der Waals surface area contributed by atoms with Crippen LogP contribution in [0.15, 0.2) is 18.2 Å². The van der Waals surface area contributed by atoms with Crippen LogP contribution in [0.1, 0.15) is 42.9 Å². The van der Waals surface area contributed by atoms with Gasteiger partial charge in [-0.05, 0) is 57.6 Å². The van der Waals surface area contributed by atoms with Gasteiger partial charge in [-0.15, -0.1) is 0 Å². The smallest absolute Gasteiger partial charge is 0.317 e. The van der Waals surface area contributed by atoms with E-state index in [1.165, 1.54) is 23.1 Å². The number of carbonyl (C=O) groups excluding carboxylic acids is 1. The molecule has 3 nitrogen and oxygen atoms in total. The Morgan fingerprint density at radius 3 is 2.85 bits per heavy atom. The van der Waals surface area contributed by atoms with Gasteiger partial charge < -0.3 is 10.2 Å². The summed E-state index contributed by atoms with van der Waals surface area (Å²) >= 11 is 0. The third-order valence-electron chi connectivity index (χ3n) is 4.23. The van der Waals surface area contributed by atoms with Gasteiger partial charge in [0.1, 0.15) is 0 Å². The second kappa shape index (κ2) is 6.78. The summed E-state index contributed by atoms with van der Waals surface area (Å²) in [5.41, 5.74) is 3.92. The predicted octanol–water partition coefficient (Wildman–Crippen LogP) is 3.43. The number of nitrogens with one attached hydrogen (secondary N) is 1. The number of urea groups is 1. The molecule has 1 N–H and O–H groups in total. The molecular formula is C17H26N2O. The van der Waals surface area contributed by atoms with Gasteiger partial charge in [0.2, 0.25) is 0 Å². The van der Waals surface area contributed by atoms with Crippen molar-refractivity contribution < 1.29 is 4.79 Å². The van der Waals surface area contributed by atoms with Crippen molar-refractivity contribution in [2.45, 2.75) is 52.5 Å². The molecule has 20 heavy (non-hydrogen) atoms. The average molecular weight is 274 g/mol. The number of benzene rings is 1. The summed E-state index contributed by atoms with van der Waals surface area (Å²) in [7, 11) is 0. The van der Waals surface area contributed by atoms with Crippen LogP contribution in [-0.2, 0) is 6.42 Å². The lowest BCUT2D eigenvalue weighted by Gasteiger charge is -2.33. The summed E-state index contributed by atoms with van der Waals surface area (Å²) in [6, 6.07) is 6.98. The van der Waals surface area contributed by atoms with Crippen LogP contribution < -0.4 is 5.32 Å². The van der Waals surface area contributed by atoms with E-state index in [4.69, 9.17) is 0 Å². The molecule has 0 spiro atoms. The van der Waals surface area contributed by atoms with Gasteiger partial charge in [0.15, 0.2) is 0 Å². The van der Waals surface area contributed by atoms with E-state index < -0.39 is 0 Å². The Morgan fingerprint density at radius 2 is 2.15 bits per heavy atom. The first-order chi connectivity index (χ1) is 9.58. The Labute approximate surface area is 122 Å². The summed E-state index contributed by atoms with van der Waals surface area (Å²) in [5, 5.41) is 3.06. The van der Waals surface area contributed by atoms with E-state index in [2.05, 4.69) is 44.3 Å². The number of amides is 2. The van der Waals surface area contributed by atoms with Crippen molar-refractivity contribution >= 4 is 6.03 Å². The van der Waals surface area contributed by atoms with Gasteiger partial charge in [-0.2, -0.15) is 0 Å². The molecular weight excluding hydrogens is 248 g/mol. The topological polar surface area (TPSA) is 32.3 Å². The molecule has 110 valence electrons. The van der Waals surface area contributed by atoms with E-state index in [1.807, 2.05) is 4.90 Å². The predicted molar refractivity (Wildman–Crippen MR) is 83.0 cm³/mol. The number of hydrogen-bond donors (Lipinski definition) is 1. The Morgan fingerprint density at radius 1 is 1.35 bits per heavy atom. The lowest BCUT2D eigenvalue weighted by molar-refractivity contribution is 0.158. The van der Waals surface area contributed by atoms with Crippen molar-refractivity contribution in [1.29, 1.82) is 0 Å². The van der Waals surface area contributed by atoms with Gasteiger partial charge in [0, 0.05) is 19.1 Å². The number of likely N-dealkylation sites (tertiary alicyclic amines) is 1. The molecule has 1 heterocycles. The van der Waals surface area contributed by atoms with Crippen molar-refractivity contribution in [3.05, 3.63) is 34.9 Å². The minimum absolute atomic E-state index is 0.0990. The van der Waals surface area contributed by atoms with Crippen molar-refractivity contribution in [1.82, 2.24) is 10.2 Å². The maximum atomic E-state index is 12.2. The molecule has 1 fully saturated rings. The number of piperidine rings is 1. The second-order valence-corrected chi connectivity index (χ2v) is 5.95. The van der Waals surface area contributed by atoms with E-state index in [-0.39, 0.29) is 6.03 Å². The molecule has 2 amide bonds. The van der Waals surface area contributed by atoms with Crippen LogP contribution in [0.4, 0.5) is 4.79 Å². The highest BCUT2D eigenvalue weighted by Crippen LogP contribution is 2.16. The lowest BCUT2D eigenvalue weighted by atomic mass is 10.0. The van der Waals surface area contributed by atoms with Crippen molar-refractivity contribution in [3.63, 3.8) is 0 Å². The first-order valence-corrected chi connectivity index (χ1v) is 7.68. The number of carbonyl (C=O) groups is 1. The number of rotatable bonds is 3. The Bertz CT molecular complexity index is 470. The normalized spacial score (nSPS) is 18.9. The van der Waals surface area contributed by atoms with E-state index in [1.54, 1.807) is 0 Å². The Balaban J connectivity index is 1.81. The highest BCUT2D eigenvalue weighted by Gasteiger charge is 2.22. The van der Waals surface area contributed by atoms with Crippen LogP contribution in [0.25, 0.3) is 0 Å². The van der Waals surface area contributed by atoms with E-state index in [9.17, 15) is 4.79 Å². The summed E-state index contributed by atoms with van der Waals surface area (Å²) in [6.45, 7) is 8.00. The number of hydrogen-bond acceptors (Lipinski definition) is 1. The molecule has 1 aromatic rings. The number of aryl methyl sites for hydroxylation is 2. The Hall–Kier alpha value is -1.51. The van der Waals surface area contributed by atoms with Crippen molar-refractivity contribution in [2.75, 3.05) is 13.1 Å². The zero-order valence-electron chi connectivity index (χ0n) is 12.9. The maximum Gasteiger partial charge on any atom is 0.317 e. The van der Waals surface area contributed by atoms with Crippen LogP contribution in [0.2, 0.25) is 0 Å². The van der Waals surface area contributed by atoms with Gasteiger partial charge in [-0.1, -0.05) is 23.8 Å². The molecule has 1 aliphatic heterocycles. The summed E-state index contributed by atoms with van der Waals surface area (Å²) in [4.78, 5) is 14.1. The second-order valence-electron chi connectivity index (χ2n) is 5.95. The van der Waals surface area contributed by atoms with E-state index in [0.717, 1.165) is 25.8 Å². The zero-order chi connectivity index (χ0) is 14.5. The third-order valence-corrected chi connectivity index (χ3v) is 4.23. The SMILES string of the molecule is Cc1ccc(CCNC(=O)N2CCCCC2C)c(C)c1. The molecule has 1 aromatic carbocycles. The zero-order valence-corrected chi connectivity index (χ0v) is 12.9. The van der Waals surface area contributed by atoms with Gasteiger partial charge in [-0.25, -0.2) is 4.79 Å². The standard InChI is InChI=1S/C17H26N2O/c1-13-7-8-16(14(2)12-13)9-10-18-17(20)19-11-5-4-6-15(19)3/h7-8,12,15H,4-6,9-11H2,1-3H3,(H,18,20). The fourth-order valence-electron chi connectivity index (χ4n) is 2.93. The molecule has 0 bridgehead atoms. The van der Waals surface area contributed by atoms with Crippen LogP contribution in [0.5, 0.6) is 0 Å². The monoisotopic (exact) mass is 274 g/mol. The first-order valence-electron chi connectivity index (χ1n) is 7.68. The minimum atomic E-state index is 0.0990. The highest BCUT2D eigenvalue weighted by molar-refractivity contribution is 5.74. The molecule has 1 saturated heterocycles. The molecule has 0 aromatic heterocycles. The molecule has 1 atom stereocenters. The fraction of sp³-hybridized carbons (Fsp3) is 0.588. The molecule has 0 saturated carbocycles. The molecule has 3 heteroatoms. The van der Waals surface area contributed by atoms with Gasteiger partial charge in [0.05, 0.1) is 0 Å². The van der Waals surface area contributed by atoms with Crippen LogP contribution in [0, 0.1) is 13.8 Å². The van der Waals surface area contributed by atoms with Crippen molar-refractivity contribution in [2.24, 2.45) is 0 Å². The molecule has 1 unspecified atom stereocenters. The number of nitrogens with zero attached hydrogens (tertiary/aromatic N) is 1. The summed E-state index contributed by atoms with van der Waals surface area (Å²) in [5.74, 6) is 0. The average Bonchev–Trinajstić information content (AvgIpc) is 2.41. The van der Waals surface area contributed by atoms with Gasteiger partial charge in [0.25, 0.3) is 0 Å². The first kappa shape index (κ1) is 14.9. The maximum absolute atomic E-state index is 12.2. The van der Waals surface area contributed by atoms with Crippen molar-refractivity contribution in [3.8, 4) is 0 Å². The minimum Gasteiger partial charge on any atom is -0.338 e. The van der Waals surface area contributed by atoms with E-state index >= 15 is 0 Å². The van der Waals surface area contributed by atoms with Crippen LogP contribution in [0.3, 0.4) is 0 Å². The third kappa shape index (κ3) is 3.75.